The maximum atomic E-state index is 3.26. The van der Waals surface area contributed by atoms with Crippen molar-refractivity contribution >= 4 is 33.2 Å². The van der Waals surface area contributed by atoms with Gasteiger partial charge in [-0.05, 0) is 44.2 Å². The van der Waals surface area contributed by atoms with Gasteiger partial charge in [-0.3, -0.25) is 5.01 Å². The number of hydrogen-bond acceptors (Lipinski definition) is 3. The molecule has 0 fully saturated rings. The molecule has 0 spiro atoms. The van der Waals surface area contributed by atoms with Crippen LogP contribution in [0.1, 0.15) is 18.1 Å². The maximum Gasteiger partial charge on any atom is 0.0839 e. The lowest BCUT2D eigenvalue weighted by Gasteiger charge is -2.22. The SMILES string of the molecule is CCn1c2ccccc2c2cc(N3NNC=C3c3cccc(C)c3)ccc21. The summed E-state index contributed by atoms with van der Waals surface area (Å²) >= 11 is 0. The highest BCUT2D eigenvalue weighted by molar-refractivity contribution is 6.09. The molecule has 2 N–H and O–H groups in total. The lowest BCUT2D eigenvalue weighted by atomic mass is 10.1. The lowest BCUT2D eigenvalue weighted by Crippen LogP contribution is -2.37. The van der Waals surface area contributed by atoms with Gasteiger partial charge in [0.05, 0.1) is 11.4 Å². The Balaban J connectivity index is 1.65. The number of hydrogen-bond donors (Lipinski definition) is 2. The van der Waals surface area contributed by atoms with E-state index in [2.05, 4.69) is 101 Å². The van der Waals surface area contributed by atoms with Crippen LogP contribution in [0.15, 0.2) is 72.9 Å². The highest BCUT2D eigenvalue weighted by Gasteiger charge is 2.20. The first kappa shape index (κ1) is 16.0. The summed E-state index contributed by atoms with van der Waals surface area (Å²) in [5.74, 6) is 0. The van der Waals surface area contributed by atoms with Gasteiger partial charge in [0.1, 0.15) is 0 Å². The van der Waals surface area contributed by atoms with Crippen LogP contribution in [0.5, 0.6) is 0 Å². The summed E-state index contributed by atoms with van der Waals surface area (Å²) in [6.45, 7) is 5.28. The van der Waals surface area contributed by atoms with Crippen LogP contribution in [0.3, 0.4) is 0 Å². The van der Waals surface area contributed by atoms with E-state index in [1.54, 1.807) is 0 Å². The van der Waals surface area contributed by atoms with Crippen LogP contribution in [0, 0.1) is 6.92 Å². The van der Waals surface area contributed by atoms with Gasteiger partial charge in [-0.25, -0.2) is 0 Å². The Morgan fingerprint density at radius 2 is 1.70 bits per heavy atom. The van der Waals surface area contributed by atoms with E-state index < -0.39 is 0 Å². The van der Waals surface area contributed by atoms with Crippen molar-refractivity contribution in [1.29, 1.82) is 0 Å². The number of nitrogens with zero attached hydrogens (tertiary/aromatic N) is 2. The summed E-state index contributed by atoms with van der Waals surface area (Å²) in [7, 11) is 0. The van der Waals surface area contributed by atoms with E-state index in [-0.39, 0.29) is 0 Å². The fourth-order valence-corrected chi connectivity index (χ4v) is 4.03. The number of hydrazine groups is 2. The van der Waals surface area contributed by atoms with Gasteiger partial charge < -0.3 is 9.99 Å². The van der Waals surface area contributed by atoms with Crippen LogP contribution >= 0.6 is 0 Å². The Morgan fingerprint density at radius 1 is 0.852 bits per heavy atom. The highest BCUT2D eigenvalue weighted by atomic mass is 15.7. The van der Waals surface area contributed by atoms with Crippen molar-refractivity contribution in [2.45, 2.75) is 20.4 Å². The van der Waals surface area contributed by atoms with Crippen molar-refractivity contribution in [2.75, 3.05) is 5.01 Å². The molecule has 2 heterocycles. The molecule has 1 aliphatic rings. The van der Waals surface area contributed by atoms with Crippen LogP contribution in [-0.2, 0) is 6.54 Å². The van der Waals surface area contributed by atoms with Gasteiger partial charge in [0.15, 0.2) is 0 Å². The zero-order valence-electron chi connectivity index (χ0n) is 15.5. The molecule has 0 unspecified atom stereocenters. The van der Waals surface area contributed by atoms with E-state index in [4.69, 9.17) is 0 Å². The van der Waals surface area contributed by atoms with Crippen molar-refractivity contribution in [3.63, 3.8) is 0 Å². The molecule has 4 nitrogen and oxygen atoms in total. The number of rotatable bonds is 3. The van der Waals surface area contributed by atoms with Crippen molar-refractivity contribution in [2.24, 2.45) is 0 Å². The van der Waals surface area contributed by atoms with Crippen molar-refractivity contribution in [1.82, 2.24) is 15.5 Å². The van der Waals surface area contributed by atoms with Crippen LogP contribution in [0.25, 0.3) is 27.5 Å². The zero-order chi connectivity index (χ0) is 18.4. The summed E-state index contributed by atoms with van der Waals surface area (Å²) in [5, 5.41) is 4.68. The van der Waals surface area contributed by atoms with E-state index in [9.17, 15) is 0 Å². The van der Waals surface area contributed by atoms with Crippen molar-refractivity contribution in [3.05, 3.63) is 84.1 Å². The molecule has 1 aliphatic heterocycles. The average Bonchev–Trinajstić information content (AvgIpc) is 3.30. The Labute approximate surface area is 158 Å². The van der Waals surface area contributed by atoms with Gasteiger partial charge >= 0.3 is 0 Å². The van der Waals surface area contributed by atoms with Gasteiger partial charge in [0, 0.05) is 40.1 Å². The monoisotopic (exact) mass is 354 g/mol. The van der Waals surface area contributed by atoms with E-state index in [0.29, 0.717) is 0 Å². The standard InChI is InChI=1S/C23H22N4/c1-3-26-21-10-5-4-9-19(21)20-14-18(11-12-22(20)26)27-23(15-24-25-27)17-8-6-7-16(2)13-17/h4-15,24-25H,3H2,1-2H3. The van der Waals surface area contributed by atoms with Crippen LogP contribution in [0.4, 0.5) is 5.69 Å². The molecule has 4 heteroatoms. The molecule has 27 heavy (non-hydrogen) atoms. The first-order valence-corrected chi connectivity index (χ1v) is 9.36. The number of aromatic nitrogens is 1. The third-order valence-electron chi connectivity index (χ3n) is 5.27. The number of benzene rings is 3. The fourth-order valence-electron chi connectivity index (χ4n) is 4.03. The number of fused-ring (bicyclic) bond motifs is 3. The molecule has 134 valence electrons. The number of aryl methyl sites for hydroxylation is 2. The summed E-state index contributed by atoms with van der Waals surface area (Å²) in [6, 6.07) is 23.9. The number of para-hydroxylation sites is 1. The molecule has 4 aromatic rings. The Bertz CT molecular complexity index is 1190. The molecule has 0 aliphatic carbocycles. The van der Waals surface area contributed by atoms with E-state index in [0.717, 1.165) is 17.9 Å². The minimum atomic E-state index is 0.960. The Kier molecular flexibility index (Phi) is 3.66. The summed E-state index contributed by atoms with van der Waals surface area (Å²) in [6.07, 6.45) is 2.01. The molecule has 1 aromatic heterocycles. The first-order chi connectivity index (χ1) is 13.3. The molecular formula is C23H22N4. The third-order valence-corrected chi connectivity index (χ3v) is 5.27. The Hall–Kier alpha value is -3.24. The molecule has 5 rings (SSSR count). The maximum absolute atomic E-state index is 3.26. The number of nitrogens with one attached hydrogen (secondary N) is 2. The second kappa shape index (κ2) is 6.18. The second-order valence-electron chi connectivity index (χ2n) is 6.95. The van der Waals surface area contributed by atoms with Crippen LogP contribution in [-0.4, -0.2) is 4.57 Å². The minimum absolute atomic E-state index is 0.960. The van der Waals surface area contributed by atoms with Gasteiger partial charge in [0.2, 0.25) is 0 Å². The molecule has 0 saturated heterocycles. The predicted molar refractivity (Wildman–Crippen MR) is 113 cm³/mol. The fraction of sp³-hybridized carbons (Fsp3) is 0.130. The molecule has 0 saturated carbocycles. The molecule has 0 atom stereocenters. The first-order valence-electron chi connectivity index (χ1n) is 9.36. The lowest BCUT2D eigenvalue weighted by molar-refractivity contribution is 0.684. The normalized spacial score (nSPS) is 14.0. The summed E-state index contributed by atoms with van der Waals surface area (Å²) in [4.78, 5) is 0. The van der Waals surface area contributed by atoms with Crippen LogP contribution in [0.2, 0.25) is 0 Å². The second-order valence-corrected chi connectivity index (χ2v) is 6.95. The molecular weight excluding hydrogens is 332 g/mol. The Morgan fingerprint density at radius 3 is 2.56 bits per heavy atom. The van der Waals surface area contributed by atoms with Gasteiger partial charge in [-0.2, -0.15) is 0 Å². The topological polar surface area (TPSA) is 32.2 Å². The third kappa shape index (κ3) is 2.49. The van der Waals surface area contributed by atoms with Gasteiger partial charge in [-0.15, -0.1) is 5.53 Å². The quantitative estimate of drug-likeness (QED) is 0.546. The summed E-state index contributed by atoms with van der Waals surface area (Å²) in [5.41, 5.74) is 13.6. The zero-order valence-corrected chi connectivity index (χ0v) is 15.5. The van der Waals surface area contributed by atoms with E-state index >= 15 is 0 Å². The highest BCUT2D eigenvalue weighted by Crippen LogP contribution is 2.34. The van der Waals surface area contributed by atoms with Crippen molar-refractivity contribution in [3.8, 4) is 0 Å². The molecule has 0 radical (unpaired) electrons. The predicted octanol–water partition coefficient (Wildman–Crippen LogP) is 4.95. The van der Waals surface area contributed by atoms with Crippen LogP contribution < -0.4 is 16.0 Å². The van der Waals surface area contributed by atoms with E-state index in [1.807, 2.05) is 6.20 Å². The van der Waals surface area contributed by atoms with Gasteiger partial charge in [0.25, 0.3) is 0 Å². The molecule has 0 bridgehead atoms. The minimum Gasteiger partial charge on any atom is -0.341 e. The largest absolute Gasteiger partial charge is 0.341 e. The number of anilines is 1. The summed E-state index contributed by atoms with van der Waals surface area (Å²) < 4.78 is 2.38. The smallest absolute Gasteiger partial charge is 0.0839 e. The molecule has 3 aromatic carbocycles. The van der Waals surface area contributed by atoms with Crippen molar-refractivity contribution < 1.29 is 0 Å². The average molecular weight is 354 g/mol. The molecule has 0 amide bonds. The van der Waals surface area contributed by atoms with Gasteiger partial charge in [-0.1, -0.05) is 42.0 Å². The van der Waals surface area contributed by atoms with E-state index in [1.165, 1.54) is 32.9 Å².